The highest BCUT2D eigenvalue weighted by atomic mass is 16.5. The average molecular weight is 527 g/mol. The highest BCUT2D eigenvalue weighted by Gasteiger charge is 2.32. The van der Waals surface area contributed by atoms with E-state index < -0.39 is 5.60 Å². The lowest BCUT2D eigenvalue weighted by atomic mass is 9.82. The largest absolute Gasteiger partial charge is 0.497 e. The first-order valence-electron chi connectivity index (χ1n) is 14.1. The number of piperidine rings is 1. The van der Waals surface area contributed by atoms with Gasteiger partial charge in [0.05, 0.1) is 37.7 Å². The maximum atomic E-state index is 10.1. The van der Waals surface area contributed by atoms with Gasteiger partial charge in [-0.15, -0.1) is 0 Å². The molecule has 0 spiro atoms. The number of nitrogens with zero attached hydrogens (tertiary/aromatic N) is 1. The van der Waals surface area contributed by atoms with Crippen molar-refractivity contribution < 1.29 is 24.1 Å². The van der Waals surface area contributed by atoms with E-state index in [1.54, 1.807) is 14.2 Å². The third-order valence-corrected chi connectivity index (χ3v) is 7.70. The van der Waals surface area contributed by atoms with Crippen LogP contribution in [-0.4, -0.2) is 69.9 Å². The maximum Gasteiger partial charge on any atom is 0.142 e. The molecular weight excluding hydrogens is 480 g/mol. The molecule has 2 heterocycles. The van der Waals surface area contributed by atoms with Crippen LogP contribution in [0.3, 0.4) is 0 Å². The number of aliphatic hydroxyl groups is 1. The van der Waals surface area contributed by atoms with Crippen LogP contribution in [0.1, 0.15) is 63.0 Å². The predicted molar refractivity (Wildman–Crippen MR) is 152 cm³/mol. The van der Waals surface area contributed by atoms with Crippen LogP contribution in [0.5, 0.6) is 11.5 Å². The van der Waals surface area contributed by atoms with E-state index in [0.29, 0.717) is 25.2 Å². The van der Waals surface area contributed by atoms with E-state index in [9.17, 15) is 5.11 Å². The normalized spacial score (nSPS) is 21.6. The summed E-state index contributed by atoms with van der Waals surface area (Å²) < 4.78 is 23.2. The Morgan fingerprint density at radius 1 is 1.11 bits per heavy atom. The molecule has 0 amide bonds. The fraction of sp³-hybridized carbons (Fsp3) is 0.613. The van der Waals surface area contributed by atoms with Crippen molar-refractivity contribution >= 4 is 5.69 Å². The minimum Gasteiger partial charge on any atom is -0.497 e. The number of ether oxygens (including phenoxy) is 4. The van der Waals surface area contributed by atoms with Crippen molar-refractivity contribution in [1.82, 2.24) is 5.32 Å². The lowest BCUT2D eigenvalue weighted by Gasteiger charge is -2.38. The van der Waals surface area contributed by atoms with Gasteiger partial charge in [0.1, 0.15) is 18.1 Å². The Labute approximate surface area is 228 Å². The fourth-order valence-electron chi connectivity index (χ4n) is 5.59. The maximum absolute atomic E-state index is 10.1. The summed E-state index contributed by atoms with van der Waals surface area (Å²) in [4.78, 5) is 2.39. The Balaban J connectivity index is 1.42. The molecule has 1 saturated heterocycles. The van der Waals surface area contributed by atoms with Gasteiger partial charge in [-0.25, -0.2) is 0 Å². The van der Waals surface area contributed by atoms with Crippen LogP contribution in [0.15, 0.2) is 42.5 Å². The van der Waals surface area contributed by atoms with Gasteiger partial charge in [0.15, 0.2) is 0 Å². The van der Waals surface area contributed by atoms with E-state index in [0.717, 1.165) is 81.1 Å². The third-order valence-electron chi connectivity index (χ3n) is 7.70. The summed E-state index contributed by atoms with van der Waals surface area (Å²) in [6.07, 6.45) is 4.92. The van der Waals surface area contributed by atoms with Gasteiger partial charge in [-0.2, -0.15) is 0 Å². The minimum absolute atomic E-state index is 0.0685. The summed E-state index contributed by atoms with van der Waals surface area (Å²) in [7, 11) is 3.45. The van der Waals surface area contributed by atoms with Crippen LogP contribution in [-0.2, 0) is 16.1 Å². The third kappa shape index (κ3) is 8.09. The van der Waals surface area contributed by atoms with E-state index >= 15 is 0 Å². The molecule has 2 unspecified atom stereocenters. The lowest BCUT2D eigenvalue weighted by Crippen LogP contribution is -2.47. The van der Waals surface area contributed by atoms with Gasteiger partial charge in [0.2, 0.25) is 0 Å². The Morgan fingerprint density at radius 2 is 1.92 bits per heavy atom. The Hall–Kier alpha value is -2.32. The first-order chi connectivity index (χ1) is 18.4. The molecule has 2 aliphatic heterocycles. The Kier molecular flexibility index (Phi) is 10.3. The molecule has 2 aromatic rings. The molecule has 4 rings (SSSR count). The van der Waals surface area contributed by atoms with E-state index in [1.165, 1.54) is 5.56 Å². The van der Waals surface area contributed by atoms with Crippen LogP contribution in [0.4, 0.5) is 5.69 Å². The molecule has 1 fully saturated rings. The topological polar surface area (TPSA) is 72.4 Å². The van der Waals surface area contributed by atoms with Gasteiger partial charge in [-0.1, -0.05) is 18.2 Å². The fourth-order valence-corrected chi connectivity index (χ4v) is 5.59. The van der Waals surface area contributed by atoms with Crippen molar-refractivity contribution in [2.75, 3.05) is 52.0 Å². The van der Waals surface area contributed by atoms with E-state index in [-0.39, 0.29) is 6.10 Å². The summed E-state index contributed by atoms with van der Waals surface area (Å²) >= 11 is 0. The summed E-state index contributed by atoms with van der Waals surface area (Å²) in [5, 5.41) is 13.9. The molecule has 7 heteroatoms. The highest BCUT2D eigenvalue weighted by molar-refractivity contribution is 5.61. The van der Waals surface area contributed by atoms with Crippen LogP contribution < -0.4 is 19.7 Å². The number of methoxy groups -OCH3 is 2. The molecule has 2 N–H and O–H groups in total. The Bertz CT molecular complexity index is 991. The molecule has 0 aliphatic carbocycles. The molecule has 0 aromatic heterocycles. The number of anilines is 1. The summed E-state index contributed by atoms with van der Waals surface area (Å²) in [5.74, 6) is 2.11. The predicted octanol–water partition coefficient (Wildman–Crippen LogP) is 4.90. The van der Waals surface area contributed by atoms with Crippen LogP contribution in [0.2, 0.25) is 0 Å². The van der Waals surface area contributed by atoms with Gasteiger partial charge >= 0.3 is 0 Å². The van der Waals surface area contributed by atoms with E-state index in [1.807, 2.05) is 26.0 Å². The first-order valence-corrected chi connectivity index (χ1v) is 14.1. The van der Waals surface area contributed by atoms with E-state index in [4.69, 9.17) is 18.9 Å². The van der Waals surface area contributed by atoms with Crippen molar-refractivity contribution in [3.05, 3.63) is 53.6 Å². The van der Waals surface area contributed by atoms with E-state index in [2.05, 4.69) is 40.5 Å². The van der Waals surface area contributed by atoms with Crippen molar-refractivity contribution in [3.63, 3.8) is 0 Å². The molecule has 2 aliphatic rings. The average Bonchev–Trinajstić information content (AvgIpc) is 2.92. The van der Waals surface area contributed by atoms with Gasteiger partial charge in [-0.3, -0.25) is 0 Å². The van der Waals surface area contributed by atoms with Crippen LogP contribution in [0.25, 0.3) is 0 Å². The Morgan fingerprint density at radius 3 is 2.66 bits per heavy atom. The van der Waals surface area contributed by atoms with Gasteiger partial charge in [0, 0.05) is 38.8 Å². The summed E-state index contributed by atoms with van der Waals surface area (Å²) in [6.45, 7) is 8.45. The molecule has 0 bridgehead atoms. The van der Waals surface area contributed by atoms with Crippen molar-refractivity contribution in [3.8, 4) is 11.5 Å². The molecule has 38 heavy (non-hydrogen) atoms. The SMILES string of the molecule is COCCCN1CCOc2ccc(CO[C@H]3CNC(CCCC(C)(C)O)CC3c3ccc(OC)cc3)cc21. The van der Waals surface area contributed by atoms with Crippen molar-refractivity contribution in [2.45, 2.75) is 76.2 Å². The van der Waals surface area contributed by atoms with Crippen molar-refractivity contribution in [1.29, 1.82) is 0 Å². The molecule has 2 aromatic carbocycles. The number of rotatable bonds is 13. The minimum atomic E-state index is -0.616. The van der Waals surface area contributed by atoms with Crippen molar-refractivity contribution in [2.24, 2.45) is 0 Å². The monoisotopic (exact) mass is 526 g/mol. The number of nitrogens with one attached hydrogen (secondary N) is 1. The number of hydrogen-bond acceptors (Lipinski definition) is 7. The quantitative estimate of drug-likeness (QED) is 0.360. The molecule has 7 nitrogen and oxygen atoms in total. The van der Waals surface area contributed by atoms with Crippen LogP contribution >= 0.6 is 0 Å². The second-order valence-corrected chi connectivity index (χ2v) is 11.3. The van der Waals surface area contributed by atoms with Gasteiger partial charge in [0.25, 0.3) is 0 Å². The first kappa shape index (κ1) is 28.7. The number of hydrogen-bond donors (Lipinski definition) is 2. The zero-order valence-electron chi connectivity index (χ0n) is 23.6. The molecule has 3 atom stereocenters. The molecule has 0 saturated carbocycles. The standard InChI is InChI=1S/C31H46N2O5/c1-31(2,34)14-5-7-25-20-27(24-9-11-26(36-4)12-10-24)30(21-32-25)38-22-23-8-13-29-28(19-23)33(16-18-37-29)15-6-17-35-3/h8-13,19,25,27,30,32,34H,5-7,14-18,20-22H2,1-4H3/t25?,27?,30-/m0/s1. The second-order valence-electron chi connectivity index (χ2n) is 11.3. The highest BCUT2D eigenvalue weighted by Crippen LogP contribution is 2.35. The molecule has 0 radical (unpaired) electrons. The second kappa shape index (κ2) is 13.7. The zero-order chi connectivity index (χ0) is 27.0. The number of fused-ring (bicyclic) bond motifs is 1. The lowest BCUT2D eigenvalue weighted by molar-refractivity contribution is 0.00128. The summed E-state index contributed by atoms with van der Waals surface area (Å²) in [5.41, 5.74) is 2.98. The van der Waals surface area contributed by atoms with Crippen LogP contribution in [0, 0.1) is 0 Å². The van der Waals surface area contributed by atoms with Gasteiger partial charge < -0.3 is 34.3 Å². The smallest absolute Gasteiger partial charge is 0.142 e. The zero-order valence-corrected chi connectivity index (χ0v) is 23.6. The number of benzene rings is 2. The van der Waals surface area contributed by atoms with Gasteiger partial charge in [-0.05, 0) is 81.3 Å². The molecule has 210 valence electrons. The molecular formula is C31H46N2O5. The summed E-state index contributed by atoms with van der Waals surface area (Å²) in [6, 6.07) is 15.3.